The molecule has 4 aromatic rings. The summed E-state index contributed by atoms with van der Waals surface area (Å²) in [4.78, 5) is 43.3. The number of rotatable bonds is 4. The molecular weight excluding hydrogens is 418 g/mol. The van der Waals surface area contributed by atoms with Crippen molar-refractivity contribution in [3.05, 3.63) is 96.8 Å². The third-order valence-electron chi connectivity index (χ3n) is 5.36. The van der Waals surface area contributed by atoms with Crippen LogP contribution in [0.2, 0.25) is 0 Å². The van der Waals surface area contributed by atoms with E-state index >= 15 is 0 Å². The van der Waals surface area contributed by atoms with Crippen LogP contribution in [0.1, 0.15) is 40.2 Å². The van der Waals surface area contributed by atoms with Gasteiger partial charge in [-0.15, -0.1) is 11.3 Å². The first kappa shape index (κ1) is 19.1. The van der Waals surface area contributed by atoms with E-state index in [2.05, 4.69) is 4.98 Å². The number of aryl methyl sites for hydroxylation is 1. The second-order valence-electron chi connectivity index (χ2n) is 7.10. The van der Waals surface area contributed by atoms with Gasteiger partial charge in [0.25, 0.3) is 11.6 Å². The smallest absolute Gasteiger partial charge is 0.297 e. The van der Waals surface area contributed by atoms with E-state index < -0.39 is 16.9 Å². The summed E-state index contributed by atoms with van der Waals surface area (Å²) in [5.41, 5.74) is 1.45. The monoisotopic (exact) mass is 433 g/mol. The maximum absolute atomic E-state index is 13.6. The van der Waals surface area contributed by atoms with Crippen molar-refractivity contribution in [3.8, 4) is 0 Å². The molecule has 1 unspecified atom stereocenters. The highest BCUT2D eigenvalue weighted by Gasteiger charge is 2.45. The highest BCUT2D eigenvalue weighted by molar-refractivity contribution is 7.13. The molecule has 154 valence electrons. The Morgan fingerprint density at radius 2 is 2.06 bits per heavy atom. The fraction of sp³-hybridized carbons (Fsp3) is 0.136. The van der Waals surface area contributed by atoms with Crippen molar-refractivity contribution in [2.24, 2.45) is 0 Å². The van der Waals surface area contributed by atoms with Crippen LogP contribution in [0, 0.1) is 10.1 Å². The Balaban J connectivity index is 1.82. The zero-order valence-corrected chi connectivity index (χ0v) is 17.1. The number of non-ortho nitro benzene ring substituents is 1. The number of hydrogen-bond donors (Lipinski definition) is 0. The number of nitrogens with zero attached hydrogens (tertiary/aromatic N) is 3. The second kappa shape index (κ2) is 7.13. The van der Waals surface area contributed by atoms with Gasteiger partial charge in [-0.05, 0) is 29.7 Å². The lowest BCUT2D eigenvalue weighted by molar-refractivity contribution is -0.384. The number of nitro benzene ring substituents is 1. The summed E-state index contributed by atoms with van der Waals surface area (Å²) < 4.78 is 5.91. The van der Waals surface area contributed by atoms with Crippen LogP contribution >= 0.6 is 11.3 Å². The Kier molecular flexibility index (Phi) is 4.40. The standard InChI is InChI=1S/C22H15N3O5S/c1-2-12-6-7-16-15(10-12)19(26)17-18(13-4-3-5-14(11-13)25(28)29)24(21(27)20(17)30-16)22-23-8-9-31-22/h3-11,18H,2H2,1H3. The van der Waals surface area contributed by atoms with E-state index in [-0.39, 0.29) is 22.4 Å². The van der Waals surface area contributed by atoms with Crippen molar-refractivity contribution >= 4 is 39.0 Å². The van der Waals surface area contributed by atoms with Crippen LogP contribution in [0.3, 0.4) is 0 Å². The number of hydrogen-bond acceptors (Lipinski definition) is 7. The van der Waals surface area contributed by atoms with E-state index in [0.29, 0.717) is 21.7 Å². The first-order chi connectivity index (χ1) is 15.0. The summed E-state index contributed by atoms with van der Waals surface area (Å²) in [6.07, 6.45) is 2.30. The number of anilines is 1. The first-order valence-corrected chi connectivity index (χ1v) is 10.4. The van der Waals surface area contributed by atoms with E-state index in [1.54, 1.807) is 29.8 Å². The molecule has 2 aromatic heterocycles. The fourth-order valence-electron chi connectivity index (χ4n) is 3.90. The molecular formula is C22H15N3O5S. The number of carbonyl (C=O) groups is 1. The van der Waals surface area contributed by atoms with Gasteiger partial charge in [-0.3, -0.25) is 24.6 Å². The Hall–Kier alpha value is -3.85. The van der Waals surface area contributed by atoms with Crippen molar-refractivity contribution < 1.29 is 14.1 Å². The van der Waals surface area contributed by atoms with Crippen molar-refractivity contribution in [1.29, 1.82) is 0 Å². The average molecular weight is 433 g/mol. The summed E-state index contributed by atoms with van der Waals surface area (Å²) in [5, 5.41) is 13.8. The van der Waals surface area contributed by atoms with Gasteiger partial charge < -0.3 is 4.42 Å². The minimum Gasteiger partial charge on any atom is -0.450 e. The topological polar surface area (TPSA) is 107 Å². The fourth-order valence-corrected chi connectivity index (χ4v) is 4.56. The molecule has 0 N–H and O–H groups in total. The normalized spacial score (nSPS) is 15.5. The Morgan fingerprint density at radius 3 is 2.77 bits per heavy atom. The number of amides is 1. The van der Waals surface area contributed by atoms with Crippen LogP contribution in [-0.2, 0) is 6.42 Å². The number of carbonyl (C=O) groups excluding carboxylic acids is 1. The van der Waals surface area contributed by atoms with Crippen LogP contribution in [0.25, 0.3) is 11.0 Å². The Bertz CT molecular complexity index is 1410. The molecule has 1 atom stereocenters. The molecule has 5 rings (SSSR count). The molecule has 2 aromatic carbocycles. The highest BCUT2D eigenvalue weighted by Crippen LogP contribution is 2.42. The molecule has 0 spiro atoms. The van der Waals surface area contributed by atoms with E-state index in [4.69, 9.17) is 4.42 Å². The average Bonchev–Trinajstić information content (AvgIpc) is 3.40. The molecule has 8 nitrogen and oxygen atoms in total. The predicted octanol–water partition coefficient (Wildman–Crippen LogP) is 4.47. The maximum atomic E-state index is 13.6. The molecule has 0 radical (unpaired) electrons. The Labute approximate surface area is 179 Å². The number of nitro groups is 1. The second-order valence-corrected chi connectivity index (χ2v) is 7.98. The maximum Gasteiger partial charge on any atom is 0.297 e. The third kappa shape index (κ3) is 2.93. The lowest BCUT2D eigenvalue weighted by atomic mass is 9.97. The number of aromatic nitrogens is 1. The van der Waals surface area contributed by atoms with Gasteiger partial charge in [-0.1, -0.05) is 25.1 Å². The predicted molar refractivity (Wildman–Crippen MR) is 116 cm³/mol. The molecule has 1 aliphatic heterocycles. The third-order valence-corrected chi connectivity index (χ3v) is 6.14. The molecule has 0 fully saturated rings. The summed E-state index contributed by atoms with van der Waals surface area (Å²) in [6, 6.07) is 10.4. The Morgan fingerprint density at radius 1 is 1.23 bits per heavy atom. The quantitative estimate of drug-likeness (QED) is 0.347. The zero-order valence-electron chi connectivity index (χ0n) is 16.3. The van der Waals surface area contributed by atoms with Crippen molar-refractivity contribution in [2.45, 2.75) is 19.4 Å². The van der Waals surface area contributed by atoms with Crippen molar-refractivity contribution in [3.63, 3.8) is 0 Å². The van der Waals surface area contributed by atoms with Crippen LogP contribution in [0.4, 0.5) is 10.8 Å². The molecule has 0 bridgehead atoms. The molecule has 1 aliphatic rings. The largest absolute Gasteiger partial charge is 0.450 e. The highest BCUT2D eigenvalue weighted by atomic mass is 32.1. The summed E-state index contributed by atoms with van der Waals surface area (Å²) in [5.74, 6) is -0.562. The van der Waals surface area contributed by atoms with Gasteiger partial charge in [-0.25, -0.2) is 4.98 Å². The SMILES string of the molecule is CCc1ccc2oc3c(c(=O)c2c1)C(c1cccc([N+](=O)[O-])c1)N(c1nccs1)C3=O. The van der Waals surface area contributed by atoms with Crippen LogP contribution in [0.15, 0.2) is 63.3 Å². The van der Waals surface area contributed by atoms with Crippen LogP contribution in [-0.4, -0.2) is 15.8 Å². The van der Waals surface area contributed by atoms with E-state index in [1.165, 1.54) is 34.4 Å². The van der Waals surface area contributed by atoms with Gasteiger partial charge in [0.05, 0.1) is 21.9 Å². The first-order valence-electron chi connectivity index (χ1n) is 9.56. The minimum absolute atomic E-state index is 0.0616. The van der Waals surface area contributed by atoms with E-state index in [0.717, 1.165) is 12.0 Å². The molecule has 9 heteroatoms. The molecule has 0 aliphatic carbocycles. The van der Waals surface area contributed by atoms with E-state index in [9.17, 15) is 19.7 Å². The summed E-state index contributed by atoms with van der Waals surface area (Å²) in [6.45, 7) is 1.98. The number of fused-ring (bicyclic) bond motifs is 2. The van der Waals surface area contributed by atoms with Crippen molar-refractivity contribution in [1.82, 2.24) is 4.98 Å². The molecule has 1 amide bonds. The molecule has 0 saturated heterocycles. The van der Waals surface area contributed by atoms with Crippen LogP contribution in [0.5, 0.6) is 0 Å². The van der Waals surface area contributed by atoms with E-state index in [1.807, 2.05) is 13.0 Å². The van der Waals surface area contributed by atoms with Gasteiger partial charge in [0.2, 0.25) is 5.76 Å². The molecule has 31 heavy (non-hydrogen) atoms. The van der Waals surface area contributed by atoms with Crippen LogP contribution < -0.4 is 10.3 Å². The van der Waals surface area contributed by atoms with Gasteiger partial charge in [0.1, 0.15) is 5.58 Å². The number of benzene rings is 2. The van der Waals surface area contributed by atoms with Gasteiger partial charge in [0.15, 0.2) is 10.6 Å². The summed E-state index contributed by atoms with van der Waals surface area (Å²) >= 11 is 1.24. The summed E-state index contributed by atoms with van der Waals surface area (Å²) in [7, 11) is 0. The lowest BCUT2D eigenvalue weighted by Crippen LogP contribution is -2.29. The van der Waals surface area contributed by atoms with Gasteiger partial charge >= 0.3 is 0 Å². The van der Waals surface area contributed by atoms with Crippen molar-refractivity contribution in [2.75, 3.05) is 4.90 Å². The lowest BCUT2D eigenvalue weighted by Gasteiger charge is -2.22. The van der Waals surface area contributed by atoms with Gasteiger partial charge in [-0.2, -0.15) is 0 Å². The zero-order chi connectivity index (χ0) is 21.7. The van der Waals surface area contributed by atoms with Gasteiger partial charge in [0, 0.05) is 23.7 Å². The minimum atomic E-state index is -0.875. The molecule has 3 heterocycles. The molecule has 0 saturated carbocycles. The number of thiazole rings is 1.